The van der Waals surface area contributed by atoms with Crippen molar-refractivity contribution in [2.45, 2.75) is 39.0 Å². The molecule has 0 amide bonds. The van der Waals surface area contributed by atoms with E-state index in [0.717, 1.165) is 18.0 Å². The summed E-state index contributed by atoms with van der Waals surface area (Å²) >= 11 is 0. The van der Waals surface area contributed by atoms with Crippen molar-refractivity contribution in [3.05, 3.63) is 11.1 Å². The van der Waals surface area contributed by atoms with Crippen LogP contribution in [0.25, 0.3) is 0 Å². The molecule has 1 heterocycles. The van der Waals surface area contributed by atoms with E-state index in [1.54, 1.807) is 0 Å². The Kier molecular flexibility index (Phi) is 2.96. The van der Waals surface area contributed by atoms with Gasteiger partial charge in [-0.1, -0.05) is 25.2 Å². The number of allylic oxidation sites excluding steroid dienone is 1. The second kappa shape index (κ2) is 3.66. The minimum Gasteiger partial charge on any atom is -0.462 e. The number of ether oxygens (including phenoxy) is 1. The molecular weight excluding hydrogens is 180 g/mol. The van der Waals surface area contributed by atoms with Gasteiger partial charge < -0.3 is 4.74 Å². The van der Waals surface area contributed by atoms with Crippen LogP contribution in [-0.4, -0.2) is 20.7 Å². The van der Waals surface area contributed by atoms with Crippen LogP contribution in [0.2, 0.25) is 25.7 Å². The number of hydrogen-bond donors (Lipinski definition) is 0. The molecule has 3 heteroatoms. The Morgan fingerprint density at radius 1 is 1.46 bits per heavy atom. The summed E-state index contributed by atoms with van der Waals surface area (Å²) in [4.78, 5) is 11.2. The normalized spacial score (nSPS) is 21.7. The number of carbonyl (C=O) groups is 1. The summed E-state index contributed by atoms with van der Waals surface area (Å²) in [5, 5.41) is 0. The van der Waals surface area contributed by atoms with Crippen molar-refractivity contribution >= 4 is 14.0 Å². The Labute approximate surface area is 81.0 Å². The van der Waals surface area contributed by atoms with E-state index in [2.05, 4.69) is 26.6 Å². The molecule has 0 unspecified atom stereocenters. The van der Waals surface area contributed by atoms with Crippen molar-refractivity contribution in [3.8, 4) is 0 Å². The second-order valence-corrected chi connectivity index (χ2v) is 10.4. The van der Waals surface area contributed by atoms with Crippen molar-refractivity contribution < 1.29 is 9.53 Å². The van der Waals surface area contributed by atoms with Gasteiger partial charge in [0.15, 0.2) is 0 Å². The monoisotopic (exact) mass is 198 g/mol. The van der Waals surface area contributed by atoms with Gasteiger partial charge in [-0.25, -0.2) is 4.79 Å². The van der Waals surface area contributed by atoms with E-state index in [1.165, 1.54) is 5.57 Å². The maximum Gasteiger partial charge on any atom is 0.334 e. The zero-order chi connectivity index (χ0) is 10.1. The molecule has 0 bridgehead atoms. The van der Waals surface area contributed by atoms with Crippen LogP contribution in [-0.2, 0) is 9.53 Å². The van der Waals surface area contributed by atoms with E-state index < -0.39 is 8.07 Å². The summed E-state index contributed by atoms with van der Waals surface area (Å²) in [6.45, 7) is 9.60. The van der Waals surface area contributed by atoms with Crippen LogP contribution in [0.3, 0.4) is 0 Å². The smallest absolute Gasteiger partial charge is 0.334 e. The maximum atomic E-state index is 11.2. The van der Waals surface area contributed by atoms with E-state index in [1.807, 2.05) is 0 Å². The molecule has 0 saturated carbocycles. The molecule has 1 fully saturated rings. The lowest BCUT2D eigenvalue weighted by Crippen LogP contribution is -2.20. The van der Waals surface area contributed by atoms with Crippen molar-refractivity contribution in [3.63, 3.8) is 0 Å². The van der Waals surface area contributed by atoms with Gasteiger partial charge in [-0.15, -0.1) is 0 Å². The molecule has 1 saturated heterocycles. The van der Waals surface area contributed by atoms with Crippen molar-refractivity contribution in [1.29, 1.82) is 0 Å². The van der Waals surface area contributed by atoms with Crippen LogP contribution in [0.5, 0.6) is 0 Å². The zero-order valence-corrected chi connectivity index (χ0v) is 9.94. The predicted octanol–water partition coefficient (Wildman–Crippen LogP) is 2.59. The van der Waals surface area contributed by atoms with Crippen LogP contribution in [0.4, 0.5) is 0 Å². The van der Waals surface area contributed by atoms with E-state index >= 15 is 0 Å². The van der Waals surface area contributed by atoms with E-state index in [9.17, 15) is 4.79 Å². The maximum absolute atomic E-state index is 11.2. The van der Waals surface area contributed by atoms with Gasteiger partial charge in [0.05, 0.1) is 6.61 Å². The largest absolute Gasteiger partial charge is 0.462 e. The molecule has 0 aromatic rings. The van der Waals surface area contributed by atoms with Crippen LogP contribution in [0.1, 0.15) is 13.3 Å². The van der Waals surface area contributed by atoms with E-state index in [4.69, 9.17) is 4.74 Å². The Bertz CT molecular complexity index is 248. The highest BCUT2D eigenvalue weighted by atomic mass is 28.3. The first-order valence-corrected chi connectivity index (χ1v) is 8.46. The van der Waals surface area contributed by atoms with Gasteiger partial charge in [0.1, 0.15) is 0 Å². The molecule has 1 aliphatic heterocycles. The lowest BCUT2D eigenvalue weighted by molar-refractivity contribution is -0.135. The van der Waals surface area contributed by atoms with Gasteiger partial charge in [0, 0.05) is 20.1 Å². The minimum absolute atomic E-state index is 0.0873. The Morgan fingerprint density at radius 3 is 2.46 bits per heavy atom. The van der Waals surface area contributed by atoms with Gasteiger partial charge in [-0.2, -0.15) is 0 Å². The fourth-order valence-corrected chi connectivity index (χ4v) is 3.53. The lowest BCUT2D eigenvalue weighted by atomic mass is 10.1. The van der Waals surface area contributed by atoms with Gasteiger partial charge >= 0.3 is 5.97 Å². The van der Waals surface area contributed by atoms with Crippen LogP contribution < -0.4 is 0 Å². The third kappa shape index (κ3) is 2.99. The highest BCUT2D eigenvalue weighted by Crippen LogP contribution is 2.24. The molecule has 74 valence electrons. The van der Waals surface area contributed by atoms with Crippen molar-refractivity contribution in [1.82, 2.24) is 0 Å². The van der Waals surface area contributed by atoms with Gasteiger partial charge in [-0.3, -0.25) is 0 Å². The summed E-state index contributed by atoms with van der Waals surface area (Å²) in [6.07, 6.45) is 0.815. The highest BCUT2D eigenvalue weighted by Gasteiger charge is 2.23. The summed E-state index contributed by atoms with van der Waals surface area (Å²) in [5.74, 6) is -0.0873. The molecule has 0 aromatic carbocycles. The first-order valence-electron chi connectivity index (χ1n) is 4.76. The third-order valence-corrected chi connectivity index (χ3v) is 3.73. The fraction of sp³-hybridized carbons (Fsp3) is 0.700. The molecule has 0 aromatic heterocycles. The van der Waals surface area contributed by atoms with Crippen LogP contribution in [0.15, 0.2) is 11.1 Å². The molecule has 0 aliphatic carbocycles. The molecule has 0 N–H and O–H groups in total. The first-order chi connectivity index (χ1) is 5.90. The molecule has 0 atom stereocenters. The molecule has 0 spiro atoms. The average Bonchev–Trinajstić information content (AvgIpc) is 2.30. The summed E-state index contributed by atoms with van der Waals surface area (Å²) in [5.41, 5.74) is 2.18. The molecule has 1 rings (SSSR count). The number of rotatable bonds is 2. The molecule has 2 nitrogen and oxygen atoms in total. The van der Waals surface area contributed by atoms with Gasteiger partial charge in [0.25, 0.3) is 0 Å². The minimum atomic E-state index is -1.08. The highest BCUT2D eigenvalue weighted by molar-refractivity contribution is 6.76. The Balaban J connectivity index is 2.74. The third-order valence-electron chi connectivity index (χ3n) is 2.14. The SMILES string of the molecule is C/C(C[Si](C)(C)C)=C1\CCOC1=O. The number of esters is 1. The van der Waals surface area contributed by atoms with Crippen LogP contribution >= 0.6 is 0 Å². The quantitative estimate of drug-likeness (QED) is 0.387. The number of cyclic esters (lactones) is 1. The summed E-state index contributed by atoms with van der Waals surface area (Å²) in [7, 11) is -1.08. The average molecular weight is 198 g/mol. The summed E-state index contributed by atoms with van der Waals surface area (Å²) < 4.78 is 4.92. The van der Waals surface area contributed by atoms with E-state index in [-0.39, 0.29) is 5.97 Å². The zero-order valence-electron chi connectivity index (χ0n) is 8.94. The van der Waals surface area contributed by atoms with Gasteiger partial charge in [0.2, 0.25) is 0 Å². The Hall–Kier alpha value is -0.573. The Morgan fingerprint density at radius 2 is 2.08 bits per heavy atom. The standard InChI is InChI=1S/C10H18O2Si/c1-8(7-13(2,3)4)9-5-6-12-10(9)11/h5-7H2,1-4H3/b9-8-. The molecule has 1 aliphatic rings. The van der Waals surface area contributed by atoms with E-state index in [0.29, 0.717) is 6.61 Å². The summed E-state index contributed by atoms with van der Waals surface area (Å²) in [6, 6.07) is 1.11. The topological polar surface area (TPSA) is 26.3 Å². The number of carbonyl (C=O) groups excluding carboxylic acids is 1. The molecular formula is C10H18O2Si. The fourth-order valence-electron chi connectivity index (χ4n) is 1.72. The second-order valence-electron chi connectivity index (χ2n) is 4.88. The van der Waals surface area contributed by atoms with Crippen LogP contribution in [0, 0.1) is 0 Å². The lowest BCUT2D eigenvalue weighted by Gasteiger charge is -2.16. The first kappa shape index (κ1) is 10.5. The van der Waals surface area contributed by atoms with Crippen molar-refractivity contribution in [2.75, 3.05) is 6.61 Å². The number of hydrogen-bond acceptors (Lipinski definition) is 2. The molecule has 13 heavy (non-hydrogen) atoms. The molecule has 0 radical (unpaired) electrons. The predicted molar refractivity (Wildman–Crippen MR) is 56.4 cm³/mol. The van der Waals surface area contributed by atoms with Crippen molar-refractivity contribution in [2.24, 2.45) is 0 Å². The van der Waals surface area contributed by atoms with Gasteiger partial charge in [-0.05, 0) is 13.0 Å².